The van der Waals surface area contributed by atoms with Crippen molar-refractivity contribution in [2.45, 2.75) is 6.92 Å². The SMILES string of the molecule is CCNc1nc(NCCOC(N)=O)c2[nH]cnc2n1. The van der Waals surface area contributed by atoms with Crippen molar-refractivity contribution in [2.75, 3.05) is 30.3 Å². The topological polar surface area (TPSA) is 131 Å². The van der Waals surface area contributed by atoms with E-state index >= 15 is 0 Å². The third-order valence-corrected chi connectivity index (χ3v) is 2.26. The van der Waals surface area contributed by atoms with Crippen molar-refractivity contribution in [3.05, 3.63) is 6.33 Å². The van der Waals surface area contributed by atoms with Gasteiger partial charge in [0.15, 0.2) is 11.5 Å². The number of hydrogen-bond acceptors (Lipinski definition) is 7. The molecule has 2 aromatic heterocycles. The number of rotatable bonds is 6. The Balaban J connectivity index is 2.11. The van der Waals surface area contributed by atoms with Gasteiger partial charge >= 0.3 is 6.09 Å². The molecule has 0 unspecified atom stereocenters. The molecule has 2 aromatic rings. The van der Waals surface area contributed by atoms with Gasteiger partial charge in [0.25, 0.3) is 0 Å². The summed E-state index contributed by atoms with van der Waals surface area (Å²) in [5, 5.41) is 6.05. The number of nitrogens with zero attached hydrogens (tertiary/aromatic N) is 3. The Morgan fingerprint density at radius 2 is 2.32 bits per heavy atom. The molecule has 2 heterocycles. The molecule has 2 rings (SSSR count). The minimum Gasteiger partial charge on any atom is -0.448 e. The van der Waals surface area contributed by atoms with Gasteiger partial charge in [-0.3, -0.25) is 0 Å². The Labute approximate surface area is 109 Å². The van der Waals surface area contributed by atoms with Crippen LogP contribution in [0.2, 0.25) is 0 Å². The number of ether oxygens (including phenoxy) is 1. The standard InChI is InChI=1S/C10H15N7O2/c1-2-12-10-16-7(13-3-4-19-9(11)18)6-8(17-10)15-5-14-6/h5H,2-4H2,1H3,(H2,11,18)(H3,12,13,14,15,16,17). The lowest BCUT2D eigenvalue weighted by Crippen LogP contribution is -2.19. The summed E-state index contributed by atoms with van der Waals surface area (Å²) in [5.74, 6) is 1.08. The number of primary amides is 1. The summed E-state index contributed by atoms with van der Waals surface area (Å²) in [4.78, 5) is 26.0. The van der Waals surface area contributed by atoms with Gasteiger partial charge < -0.3 is 26.1 Å². The molecular formula is C10H15N7O2. The number of fused-ring (bicyclic) bond motifs is 1. The Bertz CT molecular complexity index is 568. The third-order valence-electron chi connectivity index (χ3n) is 2.26. The first-order valence-electron chi connectivity index (χ1n) is 5.81. The van der Waals surface area contributed by atoms with Crippen molar-refractivity contribution in [1.29, 1.82) is 0 Å². The molecule has 0 fully saturated rings. The molecule has 102 valence electrons. The van der Waals surface area contributed by atoms with Gasteiger partial charge in [0.05, 0.1) is 12.9 Å². The number of imidazole rings is 1. The zero-order valence-electron chi connectivity index (χ0n) is 10.4. The molecule has 0 saturated heterocycles. The largest absolute Gasteiger partial charge is 0.448 e. The van der Waals surface area contributed by atoms with Crippen LogP contribution < -0.4 is 16.4 Å². The Hall–Kier alpha value is -2.58. The molecule has 0 aliphatic rings. The Morgan fingerprint density at radius 3 is 3.05 bits per heavy atom. The molecule has 5 N–H and O–H groups in total. The molecule has 9 heteroatoms. The Morgan fingerprint density at radius 1 is 1.47 bits per heavy atom. The highest BCUT2D eigenvalue weighted by Gasteiger charge is 2.09. The maximum atomic E-state index is 10.4. The monoisotopic (exact) mass is 265 g/mol. The summed E-state index contributed by atoms with van der Waals surface area (Å²) in [5.41, 5.74) is 6.12. The number of anilines is 2. The molecule has 0 bridgehead atoms. The molecule has 19 heavy (non-hydrogen) atoms. The molecule has 1 amide bonds. The maximum absolute atomic E-state index is 10.4. The van der Waals surface area contributed by atoms with Crippen LogP contribution in [-0.4, -0.2) is 45.7 Å². The minimum atomic E-state index is -0.801. The van der Waals surface area contributed by atoms with Crippen LogP contribution in [0, 0.1) is 0 Å². The third kappa shape index (κ3) is 3.21. The van der Waals surface area contributed by atoms with E-state index in [1.807, 2.05) is 6.92 Å². The van der Waals surface area contributed by atoms with Gasteiger partial charge in [-0.25, -0.2) is 9.78 Å². The van der Waals surface area contributed by atoms with E-state index < -0.39 is 6.09 Å². The molecule has 0 aromatic carbocycles. The van der Waals surface area contributed by atoms with Crippen LogP contribution in [-0.2, 0) is 4.74 Å². The van der Waals surface area contributed by atoms with E-state index in [-0.39, 0.29) is 6.61 Å². The van der Waals surface area contributed by atoms with Gasteiger partial charge in [0, 0.05) is 6.54 Å². The quantitative estimate of drug-likeness (QED) is 0.552. The van der Waals surface area contributed by atoms with E-state index in [0.29, 0.717) is 36.0 Å². The average molecular weight is 265 g/mol. The fraction of sp³-hybridized carbons (Fsp3) is 0.400. The molecule has 0 spiro atoms. The predicted octanol–water partition coefficient (Wildman–Crippen LogP) is 0.292. The first-order chi connectivity index (χ1) is 9.20. The second-order valence-electron chi connectivity index (χ2n) is 3.62. The fourth-order valence-electron chi connectivity index (χ4n) is 1.52. The first-order valence-corrected chi connectivity index (χ1v) is 5.81. The molecule has 0 saturated carbocycles. The lowest BCUT2D eigenvalue weighted by atomic mass is 10.4. The van der Waals surface area contributed by atoms with Crippen LogP contribution >= 0.6 is 0 Å². The number of nitrogens with two attached hydrogens (primary N) is 1. The summed E-state index contributed by atoms with van der Waals surface area (Å²) in [6, 6.07) is 0. The lowest BCUT2D eigenvalue weighted by molar-refractivity contribution is 0.161. The van der Waals surface area contributed by atoms with E-state index in [1.54, 1.807) is 6.33 Å². The van der Waals surface area contributed by atoms with E-state index in [2.05, 4.69) is 35.3 Å². The number of H-pyrrole nitrogens is 1. The van der Waals surface area contributed by atoms with Crippen molar-refractivity contribution in [2.24, 2.45) is 5.73 Å². The average Bonchev–Trinajstić information content (AvgIpc) is 2.83. The number of nitrogens with one attached hydrogen (secondary N) is 3. The second-order valence-corrected chi connectivity index (χ2v) is 3.62. The van der Waals surface area contributed by atoms with Crippen LogP contribution in [0.1, 0.15) is 6.92 Å². The van der Waals surface area contributed by atoms with Crippen molar-refractivity contribution >= 4 is 29.0 Å². The zero-order chi connectivity index (χ0) is 13.7. The van der Waals surface area contributed by atoms with E-state index in [0.717, 1.165) is 0 Å². The van der Waals surface area contributed by atoms with Gasteiger partial charge in [-0.05, 0) is 6.92 Å². The van der Waals surface area contributed by atoms with Crippen molar-refractivity contribution in [3.63, 3.8) is 0 Å². The number of carbonyl (C=O) groups is 1. The number of amides is 1. The fourth-order valence-corrected chi connectivity index (χ4v) is 1.52. The van der Waals surface area contributed by atoms with Gasteiger partial charge in [0.1, 0.15) is 12.1 Å². The minimum absolute atomic E-state index is 0.158. The molecule has 0 atom stereocenters. The summed E-state index contributed by atoms with van der Waals surface area (Å²) in [6.45, 7) is 3.21. The highest BCUT2D eigenvalue weighted by atomic mass is 16.5. The van der Waals surface area contributed by atoms with Crippen LogP contribution in [0.3, 0.4) is 0 Å². The second kappa shape index (κ2) is 5.85. The summed E-state index contributed by atoms with van der Waals surface area (Å²) >= 11 is 0. The van der Waals surface area contributed by atoms with Crippen LogP contribution in [0.5, 0.6) is 0 Å². The summed E-state index contributed by atoms with van der Waals surface area (Å²) < 4.78 is 4.63. The highest BCUT2D eigenvalue weighted by molar-refractivity contribution is 5.83. The molecule has 0 radical (unpaired) electrons. The smallest absolute Gasteiger partial charge is 0.404 e. The molecule has 0 aliphatic heterocycles. The van der Waals surface area contributed by atoms with Gasteiger partial charge in [0.2, 0.25) is 5.95 Å². The molecule has 9 nitrogen and oxygen atoms in total. The van der Waals surface area contributed by atoms with E-state index in [4.69, 9.17) is 5.73 Å². The van der Waals surface area contributed by atoms with Gasteiger partial charge in [-0.15, -0.1) is 0 Å². The van der Waals surface area contributed by atoms with Gasteiger partial charge in [-0.2, -0.15) is 9.97 Å². The van der Waals surface area contributed by atoms with Crippen LogP contribution in [0.4, 0.5) is 16.6 Å². The van der Waals surface area contributed by atoms with Crippen molar-refractivity contribution in [3.8, 4) is 0 Å². The number of hydrogen-bond donors (Lipinski definition) is 4. The maximum Gasteiger partial charge on any atom is 0.404 e. The van der Waals surface area contributed by atoms with E-state index in [1.165, 1.54) is 0 Å². The van der Waals surface area contributed by atoms with Crippen molar-refractivity contribution in [1.82, 2.24) is 19.9 Å². The normalized spacial score (nSPS) is 10.4. The molecule has 0 aliphatic carbocycles. The van der Waals surface area contributed by atoms with E-state index in [9.17, 15) is 4.79 Å². The van der Waals surface area contributed by atoms with Crippen LogP contribution in [0.15, 0.2) is 6.33 Å². The number of aromatic amines is 1. The first kappa shape index (κ1) is 12.9. The summed E-state index contributed by atoms with van der Waals surface area (Å²) in [7, 11) is 0. The summed E-state index contributed by atoms with van der Waals surface area (Å²) in [6.07, 6.45) is 0.740. The van der Waals surface area contributed by atoms with Crippen molar-refractivity contribution < 1.29 is 9.53 Å². The number of aromatic nitrogens is 4. The zero-order valence-corrected chi connectivity index (χ0v) is 10.4. The predicted molar refractivity (Wildman–Crippen MR) is 69.9 cm³/mol. The van der Waals surface area contributed by atoms with Gasteiger partial charge in [-0.1, -0.05) is 0 Å². The molecular weight excluding hydrogens is 250 g/mol. The highest BCUT2D eigenvalue weighted by Crippen LogP contribution is 2.18. The Kier molecular flexibility index (Phi) is 3.96. The van der Waals surface area contributed by atoms with Crippen LogP contribution in [0.25, 0.3) is 11.2 Å². The number of carbonyl (C=O) groups excluding carboxylic acids is 1. The lowest BCUT2D eigenvalue weighted by Gasteiger charge is -2.08.